The number of aromatic nitrogens is 7. The number of hydrogen-bond acceptors (Lipinski definition) is 7. The predicted octanol–water partition coefficient (Wildman–Crippen LogP) is 4.25. The lowest BCUT2D eigenvalue weighted by Crippen LogP contribution is -2.12. The van der Waals surface area contributed by atoms with E-state index in [4.69, 9.17) is 5.73 Å². The lowest BCUT2D eigenvalue weighted by Gasteiger charge is -2.08. The summed E-state index contributed by atoms with van der Waals surface area (Å²) in [5.41, 5.74) is 9.88. The number of anilines is 2. The van der Waals surface area contributed by atoms with Gasteiger partial charge in [-0.25, -0.2) is 24.9 Å². The Morgan fingerprint density at radius 1 is 0.824 bits per heavy atom. The van der Waals surface area contributed by atoms with Gasteiger partial charge in [-0.05, 0) is 45.9 Å². The molecule has 1 amide bonds. The van der Waals surface area contributed by atoms with Crippen LogP contribution in [0.4, 0.5) is 11.5 Å². The van der Waals surface area contributed by atoms with Gasteiger partial charge in [0.2, 0.25) is 0 Å². The van der Waals surface area contributed by atoms with Crippen LogP contribution in [0.1, 0.15) is 50.1 Å². The fourth-order valence-corrected chi connectivity index (χ4v) is 3.44. The Kier molecular flexibility index (Phi) is 6.48. The molecule has 0 aliphatic heterocycles. The van der Waals surface area contributed by atoms with Crippen LogP contribution in [0.2, 0.25) is 0 Å². The van der Waals surface area contributed by atoms with Crippen molar-refractivity contribution in [1.82, 2.24) is 34.1 Å². The number of amides is 1. The standard InChI is InChI=1S/C16H16N4O.C8H11N5/c1-11(2)20-10-18-14-13(8-9-17-15(14)20)19-16(21)12-6-4-3-5-7-12;1-5(2)13-4-12-6-7(9)10-3-11-8(6)13/h3-11H,1-2H3,(H,17,19,21);3-5H,1-2H3,(H2,9,10,11). The Labute approximate surface area is 196 Å². The molecule has 4 heterocycles. The fraction of sp³-hybridized carbons (Fsp3) is 0.250. The molecule has 5 aromatic rings. The van der Waals surface area contributed by atoms with Crippen molar-refractivity contribution >= 4 is 39.7 Å². The van der Waals surface area contributed by atoms with Crippen molar-refractivity contribution in [3.05, 3.63) is 67.1 Å². The molecular weight excluding hydrogens is 430 g/mol. The zero-order valence-electron chi connectivity index (χ0n) is 19.5. The molecule has 10 heteroatoms. The van der Waals surface area contributed by atoms with Gasteiger partial charge in [-0.3, -0.25) is 4.79 Å². The van der Waals surface area contributed by atoms with Crippen LogP contribution in [0.25, 0.3) is 22.3 Å². The smallest absolute Gasteiger partial charge is 0.255 e. The average molecular weight is 458 g/mol. The topological polar surface area (TPSA) is 129 Å². The lowest BCUT2D eigenvalue weighted by molar-refractivity contribution is 0.102. The van der Waals surface area contributed by atoms with Crippen LogP contribution in [0, 0.1) is 0 Å². The van der Waals surface area contributed by atoms with Gasteiger partial charge in [0.15, 0.2) is 17.1 Å². The number of imidazole rings is 2. The fourth-order valence-electron chi connectivity index (χ4n) is 3.44. The number of nitrogen functional groups attached to an aromatic ring is 1. The summed E-state index contributed by atoms with van der Waals surface area (Å²) in [5.74, 6) is 0.284. The summed E-state index contributed by atoms with van der Waals surface area (Å²) >= 11 is 0. The molecule has 0 spiro atoms. The summed E-state index contributed by atoms with van der Waals surface area (Å²) in [6, 6.07) is 11.5. The molecule has 174 valence electrons. The summed E-state index contributed by atoms with van der Waals surface area (Å²) in [6.45, 7) is 8.27. The maximum absolute atomic E-state index is 12.2. The lowest BCUT2D eigenvalue weighted by atomic mass is 10.2. The minimum Gasteiger partial charge on any atom is -0.382 e. The molecule has 0 bridgehead atoms. The first-order valence-corrected chi connectivity index (χ1v) is 11.0. The summed E-state index contributed by atoms with van der Waals surface area (Å²) < 4.78 is 3.95. The molecule has 0 aliphatic rings. The molecule has 10 nitrogen and oxygen atoms in total. The van der Waals surface area contributed by atoms with Gasteiger partial charge >= 0.3 is 0 Å². The van der Waals surface area contributed by atoms with Gasteiger partial charge in [-0.1, -0.05) is 18.2 Å². The van der Waals surface area contributed by atoms with Crippen LogP contribution >= 0.6 is 0 Å². The van der Waals surface area contributed by atoms with E-state index < -0.39 is 0 Å². The quantitative estimate of drug-likeness (QED) is 0.412. The molecule has 3 N–H and O–H groups in total. The third-order valence-corrected chi connectivity index (χ3v) is 5.24. The number of hydrogen-bond donors (Lipinski definition) is 2. The van der Waals surface area contributed by atoms with E-state index in [1.165, 1.54) is 6.33 Å². The third kappa shape index (κ3) is 4.56. The van der Waals surface area contributed by atoms with Crippen molar-refractivity contribution in [3.63, 3.8) is 0 Å². The summed E-state index contributed by atoms with van der Waals surface area (Å²) in [6.07, 6.45) is 6.63. The Bertz CT molecular complexity index is 1420. The number of benzene rings is 1. The van der Waals surface area contributed by atoms with E-state index in [0.29, 0.717) is 34.1 Å². The first-order chi connectivity index (χ1) is 16.4. The maximum Gasteiger partial charge on any atom is 0.255 e. The second-order valence-electron chi connectivity index (χ2n) is 8.27. The van der Waals surface area contributed by atoms with Crippen LogP contribution in [-0.4, -0.2) is 40.0 Å². The van der Waals surface area contributed by atoms with E-state index in [0.717, 1.165) is 11.3 Å². The number of pyridine rings is 1. The average Bonchev–Trinajstić information content (AvgIpc) is 3.46. The highest BCUT2D eigenvalue weighted by Gasteiger charge is 2.13. The zero-order chi connectivity index (χ0) is 24.2. The van der Waals surface area contributed by atoms with Crippen LogP contribution in [-0.2, 0) is 0 Å². The van der Waals surface area contributed by atoms with Gasteiger partial charge in [0.1, 0.15) is 17.4 Å². The Morgan fingerprint density at radius 3 is 2.09 bits per heavy atom. The molecule has 0 saturated heterocycles. The minimum absolute atomic E-state index is 0.151. The van der Waals surface area contributed by atoms with E-state index in [9.17, 15) is 4.79 Å². The minimum atomic E-state index is -0.151. The molecule has 1 aromatic carbocycles. The summed E-state index contributed by atoms with van der Waals surface area (Å²) in [5, 5.41) is 2.90. The highest BCUT2D eigenvalue weighted by Crippen LogP contribution is 2.23. The first kappa shape index (κ1) is 22.8. The van der Waals surface area contributed by atoms with Gasteiger partial charge in [-0.15, -0.1) is 0 Å². The molecule has 4 aromatic heterocycles. The maximum atomic E-state index is 12.2. The largest absolute Gasteiger partial charge is 0.382 e. The normalized spacial score (nSPS) is 11.1. The monoisotopic (exact) mass is 457 g/mol. The number of nitrogens with one attached hydrogen (secondary N) is 1. The van der Waals surface area contributed by atoms with Gasteiger partial charge in [-0.2, -0.15) is 0 Å². The van der Waals surface area contributed by atoms with Crippen molar-refractivity contribution in [1.29, 1.82) is 0 Å². The Morgan fingerprint density at radius 2 is 1.44 bits per heavy atom. The van der Waals surface area contributed by atoms with E-state index in [1.54, 1.807) is 37.1 Å². The van der Waals surface area contributed by atoms with Crippen LogP contribution < -0.4 is 11.1 Å². The molecular formula is C24H27N9O. The Balaban J connectivity index is 0.000000180. The van der Waals surface area contributed by atoms with Crippen molar-refractivity contribution in [2.75, 3.05) is 11.1 Å². The van der Waals surface area contributed by atoms with E-state index >= 15 is 0 Å². The van der Waals surface area contributed by atoms with Crippen molar-refractivity contribution in [3.8, 4) is 0 Å². The SMILES string of the molecule is CC(C)n1cnc2c(N)ncnc21.CC(C)n1cnc2c(NC(=O)c3ccccc3)ccnc21. The van der Waals surface area contributed by atoms with E-state index in [-0.39, 0.29) is 11.9 Å². The second-order valence-corrected chi connectivity index (χ2v) is 8.27. The summed E-state index contributed by atoms with van der Waals surface area (Å²) in [7, 11) is 0. The number of carbonyl (C=O) groups excluding carboxylic acids is 1. The van der Waals surface area contributed by atoms with E-state index in [1.807, 2.05) is 27.3 Å². The van der Waals surface area contributed by atoms with Gasteiger partial charge in [0.05, 0.1) is 18.3 Å². The molecule has 34 heavy (non-hydrogen) atoms. The third-order valence-electron chi connectivity index (χ3n) is 5.24. The molecule has 5 rings (SSSR count). The molecule has 0 aliphatic carbocycles. The second kappa shape index (κ2) is 9.65. The van der Waals surface area contributed by atoms with Crippen LogP contribution in [0.3, 0.4) is 0 Å². The number of rotatable bonds is 4. The van der Waals surface area contributed by atoms with Gasteiger partial charge in [0.25, 0.3) is 5.91 Å². The number of carbonyl (C=O) groups is 1. The molecule has 0 atom stereocenters. The zero-order valence-corrected chi connectivity index (χ0v) is 19.5. The number of nitrogens with two attached hydrogens (primary N) is 1. The van der Waals surface area contributed by atoms with E-state index in [2.05, 4.69) is 57.9 Å². The highest BCUT2D eigenvalue weighted by atomic mass is 16.1. The molecule has 0 fully saturated rings. The van der Waals surface area contributed by atoms with Crippen LogP contribution in [0.5, 0.6) is 0 Å². The molecule has 0 radical (unpaired) electrons. The number of fused-ring (bicyclic) bond motifs is 2. The number of nitrogens with zero attached hydrogens (tertiary/aromatic N) is 7. The summed E-state index contributed by atoms with van der Waals surface area (Å²) in [4.78, 5) is 33.1. The van der Waals surface area contributed by atoms with Crippen molar-refractivity contribution in [2.24, 2.45) is 0 Å². The van der Waals surface area contributed by atoms with Gasteiger partial charge in [0, 0.05) is 23.8 Å². The first-order valence-electron chi connectivity index (χ1n) is 11.0. The predicted molar refractivity (Wildman–Crippen MR) is 132 cm³/mol. The van der Waals surface area contributed by atoms with Gasteiger partial charge < -0.3 is 20.2 Å². The highest BCUT2D eigenvalue weighted by molar-refractivity contribution is 6.07. The van der Waals surface area contributed by atoms with Crippen molar-refractivity contribution < 1.29 is 4.79 Å². The Hall–Kier alpha value is -4.34. The van der Waals surface area contributed by atoms with Crippen LogP contribution in [0.15, 0.2) is 61.6 Å². The molecule has 0 unspecified atom stereocenters. The molecule has 0 saturated carbocycles. The van der Waals surface area contributed by atoms with Crippen molar-refractivity contribution in [2.45, 2.75) is 39.8 Å².